The summed E-state index contributed by atoms with van der Waals surface area (Å²) in [5.74, 6) is -0.487. The van der Waals surface area contributed by atoms with E-state index >= 15 is 0 Å². The van der Waals surface area contributed by atoms with Crippen LogP contribution in [0.4, 0.5) is 0 Å². The van der Waals surface area contributed by atoms with Gasteiger partial charge >= 0.3 is 0 Å². The Kier molecular flexibility index (Phi) is 3.18. The summed E-state index contributed by atoms with van der Waals surface area (Å²) < 4.78 is 6.43. The van der Waals surface area contributed by atoms with E-state index in [2.05, 4.69) is 22.6 Å². The normalized spacial score (nSPS) is 21.3. The Morgan fingerprint density at radius 2 is 1.73 bits per heavy atom. The van der Waals surface area contributed by atoms with Crippen LogP contribution in [0.25, 0.3) is 0 Å². The molecule has 2 aromatic rings. The third-order valence-corrected chi connectivity index (χ3v) is 5.40. The van der Waals surface area contributed by atoms with Gasteiger partial charge in [0.05, 0.1) is 0 Å². The van der Waals surface area contributed by atoms with E-state index in [1.165, 1.54) is 0 Å². The molecule has 2 aliphatic rings. The molecule has 1 fully saturated rings. The molecule has 0 radical (unpaired) electrons. The molecule has 0 amide bonds. The van der Waals surface area contributed by atoms with Crippen LogP contribution < -0.4 is 0 Å². The van der Waals surface area contributed by atoms with Crippen molar-refractivity contribution < 1.29 is 14.3 Å². The quantitative estimate of drug-likeness (QED) is 0.315. The molecule has 2 aromatic carbocycles. The highest BCUT2D eigenvalue weighted by molar-refractivity contribution is 14.1. The molecule has 1 unspecified atom stereocenters. The van der Waals surface area contributed by atoms with E-state index in [1.807, 2.05) is 12.1 Å². The molecule has 4 rings (SSSR count). The van der Waals surface area contributed by atoms with Crippen molar-refractivity contribution in [1.82, 2.24) is 0 Å². The Bertz CT molecular complexity index is 795. The average Bonchev–Trinajstić information content (AvgIpc) is 3.26. The summed E-state index contributed by atoms with van der Waals surface area (Å²) in [5.41, 5.74) is 1.33. The lowest BCUT2D eigenvalue weighted by Gasteiger charge is -2.04. The number of fused-ring (bicyclic) bond motifs is 1. The number of ether oxygens (including phenoxy) is 1. The number of hydrogen-bond acceptors (Lipinski definition) is 3. The van der Waals surface area contributed by atoms with E-state index in [1.54, 1.807) is 30.3 Å². The summed E-state index contributed by atoms with van der Waals surface area (Å²) in [7, 11) is 0. The SMILES string of the molecule is O=C1c2ccccc2C(=O)C12OC2c1ccc(CI)c(Cl)c1. The molecule has 3 nitrogen and oxygen atoms in total. The minimum atomic E-state index is -1.36. The van der Waals surface area contributed by atoms with E-state index < -0.39 is 11.7 Å². The number of ketones is 2. The molecule has 1 aliphatic heterocycles. The highest BCUT2D eigenvalue weighted by Crippen LogP contribution is 2.57. The lowest BCUT2D eigenvalue weighted by molar-refractivity contribution is 0.0785. The number of benzene rings is 2. The Hall–Kier alpha value is -1.24. The van der Waals surface area contributed by atoms with Gasteiger partial charge in [0.25, 0.3) is 0 Å². The van der Waals surface area contributed by atoms with Gasteiger partial charge < -0.3 is 4.74 Å². The van der Waals surface area contributed by atoms with Gasteiger partial charge in [-0.3, -0.25) is 9.59 Å². The van der Waals surface area contributed by atoms with Gasteiger partial charge in [0.15, 0.2) is 0 Å². The second-order valence-electron chi connectivity index (χ2n) is 5.42. The summed E-state index contributed by atoms with van der Waals surface area (Å²) in [5, 5.41) is 0.632. The Labute approximate surface area is 145 Å². The third-order valence-electron chi connectivity index (χ3n) is 4.23. The summed E-state index contributed by atoms with van der Waals surface area (Å²) in [6.07, 6.45) is -0.541. The number of hydrogen-bond donors (Lipinski definition) is 0. The molecule has 1 saturated heterocycles. The van der Waals surface area contributed by atoms with Crippen molar-refractivity contribution in [2.75, 3.05) is 0 Å². The number of Topliss-reactive ketones (excluding diaryl/α,β-unsaturated/α-hetero) is 2. The van der Waals surface area contributed by atoms with Crippen molar-refractivity contribution in [3.05, 3.63) is 69.7 Å². The Morgan fingerprint density at radius 3 is 2.27 bits per heavy atom. The molecule has 110 valence electrons. The van der Waals surface area contributed by atoms with Crippen LogP contribution in [0.5, 0.6) is 0 Å². The number of epoxide rings is 1. The lowest BCUT2D eigenvalue weighted by Crippen LogP contribution is -2.27. The molecular formula is C17H10ClIO3. The zero-order valence-electron chi connectivity index (χ0n) is 11.3. The molecule has 1 heterocycles. The van der Waals surface area contributed by atoms with E-state index in [0.717, 1.165) is 15.6 Å². The van der Waals surface area contributed by atoms with Gasteiger partial charge in [0, 0.05) is 20.6 Å². The maximum Gasteiger partial charge on any atom is 0.224 e. The number of alkyl halides is 1. The monoisotopic (exact) mass is 424 g/mol. The fraction of sp³-hybridized carbons (Fsp3) is 0.176. The van der Waals surface area contributed by atoms with Crippen LogP contribution in [0.15, 0.2) is 42.5 Å². The molecule has 0 aromatic heterocycles. The second kappa shape index (κ2) is 4.88. The van der Waals surface area contributed by atoms with Crippen LogP contribution in [-0.4, -0.2) is 17.2 Å². The number of rotatable bonds is 2. The first-order valence-corrected chi connectivity index (χ1v) is 8.70. The lowest BCUT2D eigenvalue weighted by atomic mass is 9.94. The van der Waals surface area contributed by atoms with Gasteiger partial charge in [0.1, 0.15) is 6.10 Å². The van der Waals surface area contributed by atoms with Crippen molar-refractivity contribution in [3.8, 4) is 0 Å². The summed E-state index contributed by atoms with van der Waals surface area (Å²) in [4.78, 5) is 25.2. The summed E-state index contributed by atoms with van der Waals surface area (Å²) in [6.45, 7) is 0. The fourth-order valence-electron chi connectivity index (χ4n) is 3.02. The molecular weight excluding hydrogens is 415 g/mol. The summed E-state index contributed by atoms with van der Waals surface area (Å²) >= 11 is 8.47. The zero-order chi connectivity index (χ0) is 15.5. The molecule has 0 N–H and O–H groups in total. The molecule has 0 saturated carbocycles. The number of carbonyl (C=O) groups is 2. The van der Waals surface area contributed by atoms with Gasteiger partial charge in [-0.15, -0.1) is 0 Å². The van der Waals surface area contributed by atoms with Crippen molar-refractivity contribution >= 4 is 45.8 Å². The van der Waals surface area contributed by atoms with Crippen molar-refractivity contribution in [3.63, 3.8) is 0 Å². The first kappa shape index (κ1) is 14.4. The maximum atomic E-state index is 12.6. The maximum absolute atomic E-state index is 12.6. The van der Waals surface area contributed by atoms with Crippen LogP contribution >= 0.6 is 34.2 Å². The van der Waals surface area contributed by atoms with E-state index in [9.17, 15) is 9.59 Å². The number of carbonyl (C=O) groups excluding carboxylic acids is 2. The minimum Gasteiger partial charge on any atom is -0.344 e. The molecule has 1 spiro atoms. The highest BCUT2D eigenvalue weighted by Gasteiger charge is 2.72. The minimum absolute atomic E-state index is 0.243. The number of halogens is 2. The Balaban J connectivity index is 1.74. The predicted molar refractivity (Wildman–Crippen MR) is 90.8 cm³/mol. The van der Waals surface area contributed by atoms with Crippen LogP contribution in [-0.2, 0) is 9.16 Å². The fourth-order valence-corrected chi connectivity index (χ4v) is 4.16. The predicted octanol–water partition coefficient (Wildman–Crippen LogP) is 4.16. The average molecular weight is 425 g/mol. The van der Waals surface area contributed by atoms with Crippen molar-refractivity contribution in [1.29, 1.82) is 0 Å². The Morgan fingerprint density at radius 1 is 1.09 bits per heavy atom. The third kappa shape index (κ3) is 1.77. The van der Waals surface area contributed by atoms with Gasteiger partial charge in [-0.2, -0.15) is 0 Å². The van der Waals surface area contributed by atoms with Crippen molar-refractivity contribution in [2.45, 2.75) is 16.1 Å². The first-order valence-electron chi connectivity index (χ1n) is 6.80. The van der Waals surface area contributed by atoms with E-state index in [0.29, 0.717) is 16.1 Å². The topological polar surface area (TPSA) is 46.7 Å². The molecule has 1 atom stereocenters. The van der Waals surface area contributed by atoms with Crippen molar-refractivity contribution in [2.24, 2.45) is 0 Å². The first-order chi connectivity index (χ1) is 10.6. The van der Waals surface area contributed by atoms with Crippen LogP contribution in [0, 0.1) is 0 Å². The van der Waals surface area contributed by atoms with Crippen LogP contribution in [0.3, 0.4) is 0 Å². The van der Waals surface area contributed by atoms with Gasteiger partial charge in [-0.1, -0.05) is 70.6 Å². The smallest absolute Gasteiger partial charge is 0.224 e. The molecule has 1 aliphatic carbocycles. The standard InChI is InChI=1S/C17H10ClIO3/c18-13-7-9(5-6-10(13)8-19)16-17(22-16)14(20)11-3-1-2-4-12(11)15(17)21/h1-7,16H,8H2. The van der Waals surface area contributed by atoms with Crippen LogP contribution in [0.1, 0.15) is 37.9 Å². The molecule has 0 bridgehead atoms. The van der Waals surface area contributed by atoms with E-state index in [4.69, 9.17) is 16.3 Å². The van der Waals surface area contributed by atoms with Crippen LogP contribution in [0.2, 0.25) is 5.02 Å². The van der Waals surface area contributed by atoms with Gasteiger partial charge in [-0.05, 0) is 17.2 Å². The van der Waals surface area contributed by atoms with Gasteiger partial charge in [0.2, 0.25) is 17.2 Å². The second-order valence-corrected chi connectivity index (χ2v) is 6.59. The van der Waals surface area contributed by atoms with E-state index in [-0.39, 0.29) is 11.6 Å². The summed E-state index contributed by atoms with van der Waals surface area (Å²) in [6, 6.07) is 12.4. The highest BCUT2D eigenvalue weighted by atomic mass is 127. The molecule has 5 heteroatoms. The zero-order valence-corrected chi connectivity index (χ0v) is 14.2. The largest absolute Gasteiger partial charge is 0.344 e. The molecule has 22 heavy (non-hydrogen) atoms. The van der Waals surface area contributed by atoms with Gasteiger partial charge in [-0.25, -0.2) is 0 Å².